The minimum atomic E-state index is -0.152. The van der Waals surface area contributed by atoms with Gasteiger partial charge in [-0.2, -0.15) is 0 Å². The van der Waals surface area contributed by atoms with Gasteiger partial charge in [0.15, 0.2) is 0 Å². The second kappa shape index (κ2) is 10.1. The molecular formula is C31H43N3O3. The summed E-state index contributed by atoms with van der Waals surface area (Å²) >= 11 is 0. The van der Waals surface area contributed by atoms with Gasteiger partial charge in [-0.3, -0.25) is 14.4 Å². The zero-order chi connectivity index (χ0) is 25.6. The van der Waals surface area contributed by atoms with Crippen molar-refractivity contribution in [1.29, 1.82) is 0 Å². The summed E-state index contributed by atoms with van der Waals surface area (Å²) in [6, 6.07) is 7.54. The molecule has 1 aromatic carbocycles. The quantitative estimate of drug-likeness (QED) is 0.614. The summed E-state index contributed by atoms with van der Waals surface area (Å²) in [5.74, 6) is 2.44. The lowest BCUT2D eigenvalue weighted by atomic mass is 9.49. The number of likely N-dealkylation sites (tertiary alicyclic amines) is 1. The van der Waals surface area contributed by atoms with Crippen LogP contribution in [0.5, 0.6) is 0 Å². The lowest BCUT2D eigenvalue weighted by Crippen LogP contribution is -2.58. The van der Waals surface area contributed by atoms with Crippen LogP contribution in [0.15, 0.2) is 24.3 Å². The van der Waals surface area contributed by atoms with Crippen molar-refractivity contribution < 1.29 is 14.4 Å². The SMILES string of the molecule is Cc1ccccc1C(=O)N[C@@H]1CCCC[C@H]1NC(=O)[C@H]1CCCN(C(=O)C23CC4CC(CC(C4)C2)C3)C1. The predicted molar refractivity (Wildman–Crippen MR) is 143 cm³/mol. The van der Waals surface area contributed by atoms with Crippen molar-refractivity contribution >= 4 is 17.7 Å². The summed E-state index contributed by atoms with van der Waals surface area (Å²) in [5, 5.41) is 6.53. The first kappa shape index (κ1) is 24.9. The van der Waals surface area contributed by atoms with Crippen LogP contribution in [0.1, 0.15) is 93.0 Å². The van der Waals surface area contributed by atoms with Crippen molar-refractivity contribution in [2.75, 3.05) is 13.1 Å². The number of benzene rings is 1. The zero-order valence-electron chi connectivity index (χ0n) is 22.3. The molecule has 6 aliphatic rings. The van der Waals surface area contributed by atoms with E-state index in [2.05, 4.69) is 15.5 Å². The predicted octanol–water partition coefficient (Wildman–Crippen LogP) is 4.61. The van der Waals surface area contributed by atoms with Gasteiger partial charge in [-0.05, 0) is 101 Å². The topological polar surface area (TPSA) is 78.5 Å². The number of rotatable bonds is 5. The highest BCUT2D eigenvalue weighted by atomic mass is 16.2. The van der Waals surface area contributed by atoms with Crippen LogP contribution in [-0.2, 0) is 9.59 Å². The lowest BCUT2D eigenvalue weighted by molar-refractivity contribution is -0.160. The van der Waals surface area contributed by atoms with E-state index >= 15 is 0 Å². The number of piperidine rings is 1. The van der Waals surface area contributed by atoms with Crippen LogP contribution in [0.4, 0.5) is 0 Å². The molecule has 3 amide bonds. The standard InChI is InChI=1S/C31H43N3O3/c1-20-7-2-3-9-25(20)29(36)33-27-11-5-4-10-26(27)32-28(35)24-8-6-12-34(19-24)30(37)31-16-21-13-22(17-31)15-23(14-21)18-31/h2-3,7,9,21-24,26-27H,4-6,8,10-19H2,1H3,(H,32,35)(H,33,36)/t21?,22?,23?,24-,26+,27+,31?/m0/s1. The highest BCUT2D eigenvalue weighted by molar-refractivity contribution is 5.95. The van der Waals surface area contributed by atoms with Gasteiger partial charge in [0, 0.05) is 30.7 Å². The van der Waals surface area contributed by atoms with E-state index in [9.17, 15) is 14.4 Å². The zero-order valence-corrected chi connectivity index (χ0v) is 22.3. The molecule has 4 bridgehead atoms. The molecule has 5 saturated carbocycles. The van der Waals surface area contributed by atoms with Gasteiger partial charge in [0.1, 0.15) is 0 Å². The van der Waals surface area contributed by atoms with Crippen molar-refractivity contribution in [3.8, 4) is 0 Å². The first-order chi connectivity index (χ1) is 17.9. The summed E-state index contributed by atoms with van der Waals surface area (Å²) in [4.78, 5) is 42.4. The summed E-state index contributed by atoms with van der Waals surface area (Å²) in [6.45, 7) is 3.30. The Hall–Kier alpha value is -2.37. The molecule has 6 fully saturated rings. The number of amides is 3. The first-order valence-electron chi connectivity index (χ1n) is 14.9. The summed E-state index contributed by atoms with van der Waals surface area (Å²) in [5.41, 5.74) is 1.52. The average molecular weight is 506 g/mol. The summed E-state index contributed by atoms with van der Waals surface area (Å²) in [7, 11) is 0. The van der Waals surface area contributed by atoms with E-state index in [1.165, 1.54) is 19.3 Å². The average Bonchev–Trinajstić information content (AvgIpc) is 2.89. The van der Waals surface area contributed by atoms with Crippen LogP contribution in [0.25, 0.3) is 0 Å². The summed E-state index contributed by atoms with van der Waals surface area (Å²) in [6.07, 6.45) is 12.8. The number of carbonyl (C=O) groups is 3. The fourth-order valence-corrected chi connectivity index (χ4v) is 8.93. The normalized spacial score (nSPS) is 36.7. The van der Waals surface area contributed by atoms with Crippen LogP contribution >= 0.6 is 0 Å². The molecule has 3 atom stereocenters. The summed E-state index contributed by atoms with van der Waals surface area (Å²) < 4.78 is 0. The molecule has 2 N–H and O–H groups in total. The Labute approximate surface area is 221 Å². The fraction of sp³-hybridized carbons (Fsp3) is 0.710. The van der Waals surface area contributed by atoms with Gasteiger partial charge in [0.2, 0.25) is 11.8 Å². The van der Waals surface area contributed by atoms with E-state index in [0.717, 1.165) is 87.6 Å². The molecule has 1 saturated heterocycles. The Balaban J connectivity index is 1.08. The van der Waals surface area contributed by atoms with Gasteiger partial charge in [0.25, 0.3) is 5.91 Å². The maximum absolute atomic E-state index is 13.9. The number of nitrogens with one attached hydrogen (secondary N) is 2. The fourth-order valence-electron chi connectivity index (χ4n) is 8.93. The molecule has 6 heteroatoms. The number of hydrogen-bond acceptors (Lipinski definition) is 3. The van der Waals surface area contributed by atoms with Crippen LogP contribution in [0, 0.1) is 36.0 Å². The van der Waals surface area contributed by atoms with Gasteiger partial charge < -0.3 is 15.5 Å². The molecule has 5 aliphatic carbocycles. The van der Waals surface area contributed by atoms with Crippen molar-refractivity contribution in [2.24, 2.45) is 29.1 Å². The highest BCUT2D eigenvalue weighted by Crippen LogP contribution is 2.60. The first-order valence-corrected chi connectivity index (χ1v) is 14.9. The Morgan fingerprint density at radius 2 is 1.46 bits per heavy atom. The minimum Gasteiger partial charge on any atom is -0.351 e. The lowest BCUT2D eigenvalue weighted by Gasteiger charge is -2.57. The number of aryl methyl sites for hydroxylation is 1. The van der Waals surface area contributed by atoms with Crippen molar-refractivity contribution in [3.05, 3.63) is 35.4 Å². The van der Waals surface area contributed by atoms with E-state index in [4.69, 9.17) is 0 Å². The monoisotopic (exact) mass is 505 g/mol. The van der Waals surface area contributed by atoms with Gasteiger partial charge in [-0.15, -0.1) is 0 Å². The van der Waals surface area contributed by atoms with Crippen molar-refractivity contribution in [2.45, 2.75) is 96.1 Å². The van der Waals surface area contributed by atoms with Crippen LogP contribution in [0.2, 0.25) is 0 Å². The van der Waals surface area contributed by atoms with Gasteiger partial charge in [-0.1, -0.05) is 31.0 Å². The Morgan fingerprint density at radius 1 is 0.838 bits per heavy atom. The highest BCUT2D eigenvalue weighted by Gasteiger charge is 2.56. The van der Waals surface area contributed by atoms with Crippen LogP contribution in [-0.4, -0.2) is 47.8 Å². The second-order valence-corrected chi connectivity index (χ2v) is 13.1. The van der Waals surface area contributed by atoms with Gasteiger partial charge in [-0.25, -0.2) is 0 Å². The van der Waals surface area contributed by atoms with Crippen molar-refractivity contribution in [1.82, 2.24) is 15.5 Å². The number of nitrogens with zero attached hydrogens (tertiary/aromatic N) is 1. The third-order valence-corrected chi connectivity index (χ3v) is 10.4. The molecule has 0 spiro atoms. The molecule has 1 aliphatic heterocycles. The Bertz CT molecular complexity index is 1020. The molecule has 0 aromatic heterocycles. The van der Waals surface area contributed by atoms with E-state index in [1.807, 2.05) is 31.2 Å². The van der Waals surface area contributed by atoms with Gasteiger partial charge in [0.05, 0.1) is 11.3 Å². The smallest absolute Gasteiger partial charge is 0.251 e. The molecule has 6 nitrogen and oxygen atoms in total. The maximum Gasteiger partial charge on any atom is 0.251 e. The Morgan fingerprint density at radius 3 is 2.11 bits per heavy atom. The van der Waals surface area contributed by atoms with Gasteiger partial charge >= 0.3 is 0 Å². The van der Waals surface area contributed by atoms with E-state index < -0.39 is 0 Å². The van der Waals surface area contributed by atoms with E-state index in [0.29, 0.717) is 18.0 Å². The molecule has 0 unspecified atom stereocenters. The van der Waals surface area contributed by atoms with E-state index in [-0.39, 0.29) is 35.2 Å². The number of hydrogen-bond donors (Lipinski definition) is 2. The molecule has 200 valence electrons. The minimum absolute atomic E-state index is 0.0524. The second-order valence-electron chi connectivity index (χ2n) is 13.1. The molecule has 7 rings (SSSR count). The van der Waals surface area contributed by atoms with E-state index in [1.54, 1.807) is 0 Å². The van der Waals surface area contributed by atoms with Crippen LogP contribution < -0.4 is 10.6 Å². The number of carbonyl (C=O) groups excluding carboxylic acids is 3. The van der Waals surface area contributed by atoms with Crippen LogP contribution in [0.3, 0.4) is 0 Å². The molecule has 37 heavy (non-hydrogen) atoms. The Kier molecular flexibility index (Phi) is 6.79. The third kappa shape index (κ3) is 4.93. The largest absolute Gasteiger partial charge is 0.351 e. The molecule has 1 aromatic rings. The molecule has 1 heterocycles. The third-order valence-electron chi connectivity index (χ3n) is 10.4. The molecule has 0 radical (unpaired) electrons. The molecular weight excluding hydrogens is 462 g/mol. The van der Waals surface area contributed by atoms with Crippen molar-refractivity contribution in [3.63, 3.8) is 0 Å². The maximum atomic E-state index is 13.9.